The van der Waals surface area contributed by atoms with Gasteiger partial charge in [0.25, 0.3) is 0 Å². The lowest BCUT2D eigenvalue weighted by atomic mass is 10.0. The zero-order valence-corrected chi connectivity index (χ0v) is 11.6. The first-order valence-electron chi connectivity index (χ1n) is 6.32. The minimum Gasteiger partial charge on any atom is -0.444 e. The summed E-state index contributed by atoms with van der Waals surface area (Å²) in [6, 6.07) is 2.53. The molecule has 0 aliphatic carbocycles. The van der Waals surface area contributed by atoms with Crippen LogP contribution in [0.3, 0.4) is 0 Å². The Labute approximate surface area is 116 Å². The van der Waals surface area contributed by atoms with Gasteiger partial charge in [-0.2, -0.15) is 0 Å². The molecule has 0 spiro atoms. The summed E-state index contributed by atoms with van der Waals surface area (Å²) in [4.78, 5) is 11.8. The summed E-state index contributed by atoms with van der Waals surface area (Å²) in [6.07, 6.45) is -0.982. The lowest BCUT2D eigenvalue weighted by Crippen LogP contribution is -2.37. The molecule has 1 amide bonds. The maximum Gasteiger partial charge on any atom is 0.408 e. The van der Waals surface area contributed by atoms with Crippen LogP contribution in [0.15, 0.2) is 18.2 Å². The molecule has 0 aromatic heterocycles. The predicted molar refractivity (Wildman–Crippen MR) is 68.2 cm³/mol. The van der Waals surface area contributed by atoms with E-state index in [1.165, 1.54) is 6.07 Å². The third-order valence-corrected chi connectivity index (χ3v) is 2.70. The molecular formula is C14H17F2NO3. The van der Waals surface area contributed by atoms with Crippen LogP contribution < -0.4 is 5.32 Å². The molecule has 1 aliphatic heterocycles. The molecule has 1 saturated heterocycles. The van der Waals surface area contributed by atoms with Gasteiger partial charge in [0.05, 0.1) is 12.6 Å². The molecule has 0 bridgehead atoms. The van der Waals surface area contributed by atoms with E-state index in [-0.39, 0.29) is 11.7 Å². The Kier molecular flexibility index (Phi) is 3.94. The fourth-order valence-corrected chi connectivity index (χ4v) is 1.81. The van der Waals surface area contributed by atoms with E-state index in [1.54, 1.807) is 20.8 Å². The Morgan fingerprint density at radius 1 is 1.45 bits per heavy atom. The number of ether oxygens (including phenoxy) is 2. The molecule has 1 N–H and O–H groups in total. The average Bonchev–Trinajstić information content (AvgIpc) is 3.07. The zero-order valence-electron chi connectivity index (χ0n) is 11.6. The molecule has 110 valence electrons. The highest BCUT2D eigenvalue weighted by atomic mass is 19.1. The molecule has 1 aromatic rings. The molecule has 1 aromatic carbocycles. The number of hydrogen-bond donors (Lipinski definition) is 1. The van der Waals surface area contributed by atoms with Crippen LogP contribution in [0.4, 0.5) is 13.6 Å². The van der Waals surface area contributed by atoms with E-state index < -0.39 is 29.4 Å². The minimum absolute atomic E-state index is 0.180. The Morgan fingerprint density at radius 2 is 2.10 bits per heavy atom. The quantitative estimate of drug-likeness (QED) is 0.869. The smallest absolute Gasteiger partial charge is 0.408 e. The van der Waals surface area contributed by atoms with Crippen molar-refractivity contribution in [2.75, 3.05) is 6.61 Å². The first-order valence-corrected chi connectivity index (χ1v) is 6.32. The summed E-state index contributed by atoms with van der Waals surface area (Å²) in [5.74, 6) is -1.39. The predicted octanol–water partition coefficient (Wildman–Crippen LogP) is 2.93. The Morgan fingerprint density at radius 3 is 2.60 bits per heavy atom. The van der Waals surface area contributed by atoms with Crippen LogP contribution in [0.5, 0.6) is 0 Å². The number of benzene rings is 1. The molecule has 20 heavy (non-hydrogen) atoms. The third-order valence-electron chi connectivity index (χ3n) is 2.70. The molecule has 4 nitrogen and oxygen atoms in total. The maximum absolute atomic E-state index is 13.8. The Bertz CT molecular complexity index is 510. The van der Waals surface area contributed by atoms with E-state index in [0.29, 0.717) is 6.61 Å². The van der Waals surface area contributed by atoms with Gasteiger partial charge in [0.1, 0.15) is 23.3 Å². The van der Waals surface area contributed by atoms with Crippen molar-refractivity contribution in [3.8, 4) is 0 Å². The fourth-order valence-electron chi connectivity index (χ4n) is 1.81. The number of rotatable bonds is 3. The van der Waals surface area contributed by atoms with Crippen LogP contribution >= 0.6 is 0 Å². The van der Waals surface area contributed by atoms with Gasteiger partial charge < -0.3 is 14.8 Å². The molecule has 0 radical (unpaired) electrons. The molecule has 1 fully saturated rings. The van der Waals surface area contributed by atoms with Gasteiger partial charge in [-0.1, -0.05) is 6.07 Å². The van der Waals surface area contributed by atoms with E-state index in [9.17, 15) is 13.6 Å². The van der Waals surface area contributed by atoms with Gasteiger partial charge in [-0.05, 0) is 26.8 Å². The van der Waals surface area contributed by atoms with Gasteiger partial charge >= 0.3 is 6.09 Å². The zero-order chi connectivity index (χ0) is 14.9. The number of epoxide rings is 1. The van der Waals surface area contributed by atoms with Gasteiger partial charge in [0, 0.05) is 11.6 Å². The largest absolute Gasteiger partial charge is 0.444 e. The molecule has 0 saturated carbocycles. The van der Waals surface area contributed by atoms with Crippen molar-refractivity contribution in [3.63, 3.8) is 0 Å². The van der Waals surface area contributed by atoms with Crippen molar-refractivity contribution in [2.24, 2.45) is 0 Å². The average molecular weight is 285 g/mol. The summed E-state index contributed by atoms with van der Waals surface area (Å²) in [5, 5.41) is 2.56. The highest BCUT2D eigenvalue weighted by Gasteiger charge is 2.37. The van der Waals surface area contributed by atoms with Crippen LogP contribution in [-0.2, 0) is 9.47 Å². The second-order valence-electron chi connectivity index (χ2n) is 5.66. The molecule has 2 atom stereocenters. The van der Waals surface area contributed by atoms with Crippen LogP contribution in [0.25, 0.3) is 0 Å². The first kappa shape index (κ1) is 14.7. The molecule has 1 unspecified atom stereocenters. The van der Waals surface area contributed by atoms with Crippen molar-refractivity contribution in [2.45, 2.75) is 38.5 Å². The normalized spacial score (nSPS) is 19.4. The number of nitrogens with one attached hydrogen (secondary N) is 1. The third kappa shape index (κ3) is 3.90. The van der Waals surface area contributed by atoms with Crippen LogP contribution in [0, 0.1) is 11.6 Å². The summed E-state index contributed by atoms with van der Waals surface area (Å²) < 4.78 is 37.0. The molecule has 2 rings (SSSR count). The first-order chi connectivity index (χ1) is 9.26. The number of alkyl carbamates (subject to hydrolysis) is 1. The van der Waals surface area contributed by atoms with Crippen molar-refractivity contribution in [1.29, 1.82) is 0 Å². The summed E-state index contributed by atoms with van der Waals surface area (Å²) >= 11 is 0. The van der Waals surface area contributed by atoms with Gasteiger partial charge in [0.2, 0.25) is 0 Å². The molecular weight excluding hydrogens is 268 g/mol. The van der Waals surface area contributed by atoms with Gasteiger partial charge in [-0.15, -0.1) is 0 Å². The second-order valence-corrected chi connectivity index (χ2v) is 5.66. The van der Waals surface area contributed by atoms with Gasteiger partial charge in [-0.3, -0.25) is 0 Å². The SMILES string of the molecule is CC(C)(C)OC(=O)N[C@@H](c1ccc(F)cc1F)C1CO1. The number of amides is 1. The van der Waals surface area contributed by atoms with E-state index in [0.717, 1.165) is 12.1 Å². The summed E-state index contributed by atoms with van der Waals surface area (Å²) in [7, 11) is 0. The monoisotopic (exact) mass is 285 g/mol. The lowest BCUT2D eigenvalue weighted by Gasteiger charge is -2.23. The molecule has 1 aliphatic rings. The van der Waals surface area contributed by atoms with E-state index in [1.807, 2.05) is 0 Å². The van der Waals surface area contributed by atoms with Crippen LogP contribution in [0.1, 0.15) is 32.4 Å². The highest BCUT2D eigenvalue weighted by molar-refractivity contribution is 5.68. The van der Waals surface area contributed by atoms with Crippen LogP contribution in [-0.4, -0.2) is 24.4 Å². The number of carbonyl (C=O) groups is 1. The maximum atomic E-state index is 13.8. The molecule has 1 heterocycles. The summed E-state index contributed by atoms with van der Waals surface area (Å²) in [6.45, 7) is 5.60. The highest BCUT2D eigenvalue weighted by Crippen LogP contribution is 2.30. The van der Waals surface area contributed by atoms with Crippen molar-refractivity contribution >= 4 is 6.09 Å². The second kappa shape index (κ2) is 5.36. The van der Waals surface area contributed by atoms with Crippen molar-refractivity contribution in [3.05, 3.63) is 35.4 Å². The Hall–Kier alpha value is -1.69. The van der Waals surface area contributed by atoms with Gasteiger partial charge in [0.15, 0.2) is 0 Å². The fraction of sp³-hybridized carbons (Fsp3) is 0.500. The number of halogens is 2. The topological polar surface area (TPSA) is 50.9 Å². The van der Waals surface area contributed by atoms with Crippen molar-refractivity contribution < 1.29 is 23.0 Å². The summed E-state index contributed by atoms with van der Waals surface area (Å²) in [5.41, 5.74) is -0.472. The van der Waals surface area contributed by atoms with Crippen LogP contribution in [0.2, 0.25) is 0 Å². The van der Waals surface area contributed by atoms with E-state index >= 15 is 0 Å². The Balaban J connectivity index is 2.13. The van der Waals surface area contributed by atoms with Crippen molar-refractivity contribution in [1.82, 2.24) is 5.32 Å². The standard InChI is InChI=1S/C14H17F2NO3/c1-14(2,3)20-13(18)17-12(11-7-19-11)9-5-4-8(15)6-10(9)16/h4-6,11-12H,7H2,1-3H3,(H,17,18)/t11?,12-/m0/s1. The lowest BCUT2D eigenvalue weighted by molar-refractivity contribution is 0.0493. The van der Waals surface area contributed by atoms with E-state index in [2.05, 4.69) is 5.32 Å². The van der Waals surface area contributed by atoms with E-state index in [4.69, 9.17) is 9.47 Å². The number of carbonyl (C=O) groups excluding carboxylic acids is 1. The number of hydrogen-bond acceptors (Lipinski definition) is 3. The minimum atomic E-state index is -0.721. The molecule has 6 heteroatoms. The van der Waals surface area contributed by atoms with Gasteiger partial charge in [-0.25, -0.2) is 13.6 Å².